The molecule has 1 aliphatic heterocycles. The highest BCUT2D eigenvalue weighted by Crippen LogP contribution is 2.47. The Hall–Kier alpha value is -1.43. The smallest absolute Gasteiger partial charge is 0.384 e. The SMILES string of the molecule is CCCCCCCCCCCCCCCCCCOP(=O)(O)OC[C@H]1O[C@@H](n2ccc(N)nc2=O)C(F)(F)[C@@H]1O. The van der Waals surface area contributed by atoms with Crippen LogP contribution in [-0.4, -0.2) is 50.9 Å². The summed E-state index contributed by atoms with van der Waals surface area (Å²) >= 11 is 0. The number of aliphatic hydroxyl groups is 1. The Morgan fingerprint density at radius 3 is 1.98 bits per heavy atom. The zero-order valence-electron chi connectivity index (χ0n) is 23.7. The summed E-state index contributed by atoms with van der Waals surface area (Å²) in [6, 6.07) is 1.13. The number of nitrogens with two attached hydrogens (primary N) is 1. The number of nitrogens with zero attached hydrogens (tertiary/aromatic N) is 2. The molecule has 232 valence electrons. The van der Waals surface area contributed by atoms with Gasteiger partial charge in [0.2, 0.25) is 6.23 Å². The van der Waals surface area contributed by atoms with Gasteiger partial charge in [-0.3, -0.25) is 13.6 Å². The molecule has 0 aliphatic carbocycles. The second-order valence-corrected chi connectivity index (χ2v) is 12.0. The zero-order chi connectivity index (χ0) is 29.4. The van der Waals surface area contributed by atoms with Crippen LogP contribution in [-0.2, 0) is 18.3 Å². The Kier molecular flexibility index (Phi) is 15.8. The molecule has 0 bridgehead atoms. The molecule has 13 heteroatoms. The van der Waals surface area contributed by atoms with Crippen molar-refractivity contribution in [2.45, 2.75) is 134 Å². The number of phosphoric acid groups is 1. The van der Waals surface area contributed by atoms with E-state index in [9.17, 15) is 28.1 Å². The van der Waals surface area contributed by atoms with Crippen molar-refractivity contribution in [2.75, 3.05) is 18.9 Å². The van der Waals surface area contributed by atoms with Gasteiger partial charge in [0.05, 0.1) is 13.2 Å². The molecule has 0 saturated carbocycles. The van der Waals surface area contributed by atoms with Gasteiger partial charge in [-0.1, -0.05) is 103 Å². The summed E-state index contributed by atoms with van der Waals surface area (Å²) in [5, 5.41) is 10.00. The summed E-state index contributed by atoms with van der Waals surface area (Å²) in [6.07, 6.45) is 14.0. The molecule has 1 aliphatic rings. The molecule has 1 fully saturated rings. The van der Waals surface area contributed by atoms with E-state index in [1.54, 1.807) is 0 Å². The Morgan fingerprint density at radius 2 is 1.48 bits per heavy atom. The zero-order valence-corrected chi connectivity index (χ0v) is 24.6. The van der Waals surface area contributed by atoms with Crippen molar-refractivity contribution in [1.82, 2.24) is 9.55 Å². The van der Waals surface area contributed by atoms with E-state index in [-0.39, 0.29) is 12.4 Å². The number of hydrogen-bond acceptors (Lipinski definition) is 8. The predicted octanol–water partition coefficient (Wildman–Crippen LogP) is 6.11. The van der Waals surface area contributed by atoms with E-state index in [4.69, 9.17) is 19.5 Å². The summed E-state index contributed by atoms with van der Waals surface area (Å²) < 4.78 is 56.6. The van der Waals surface area contributed by atoms with Crippen LogP contribution in [0.3, 0.4) is 0 Å². The number of aliphatic hydroxyl groups excluding tert-OH is 1. The summed E-state index contributed by atoms with van der Waals surface area (Å²) in [5.74, 6) is -4.05. The highest BCUT2D eigenvalue weighted by molar-refractivity contribution is 7.47. The lowest BCUT2D eigenvalue weighted by Crippen LogP contribution is -2.41. The highest BCUT2D eigenvalue weighted by Gasteiger charge is 2.60. The molecule has 1 aromatic heterocycles. The van der Waals surface area contributed by atoms with Crippen LogP contribution >= 0.6 is 7.82 Å². The van der Waals surface area contributed by atoms with Crippen LogP contribution in [0.2, 0.25) is 0 Å². The first kappa shape index (κ1) is 34.8. The summed E-state index contributed by atoms with van der Waals surface area (Å²) in [4.78, 5) is 25.2. The average Bonchev–Trinajstić information content (AvgIpc) is 3.12. The minimum absolute atomic E-state index is 0.0222. The third-order valence-electron chi connectivity index (χ3n) is 7.14. The molecular weight excluding hydrogens is 547 g/mol. The second-order valence-electron chi connectivity index (χ2n) is 10.6. The highest BCUT2D eigenvalue weighted by atomic mass is 31.2. The van der Waals surface area contributed by atoms with Gasteiger partial charge >= 0.3 is 19.4 Å². The molecule has 1 aromatic rings. The summed E-state index contributed by atoms with van der Waals surface area (Å²) in [7, 11) is -4.54. The van der Waals surface area contributed by atoms with Gasteiger partial charge in [-0.05, 0) is 12.5 Å². The largest absolute Gasteiger partial charge is 0.472 e. The standard InChI is InChI=1S/C27H48F2N3O7P/c1-2-3-4-5-6-7-8-9-10-11-12-13-14-15-16-17-20-37-40(35,36)38-21-22-24(33)27(28,29)25(39-22)32-19-18-23(30)31-26(32)34/h18-19,22,24-25,33H,2-17,20-21H2,1H3,(H,35,36)(H2,30,31,34)/t22-,24-,25-/m1/s1. The number of ether oxygens (including phenoxy) is 1. The van der Waals surface area contributed by atoms with Gasteiger partial charge in [0.15, 0.2) is 6.10 Å². The van der Waals surface area contributed by atoms with Crippen LogP contribution in [0.15, 0.2) is 17.1 Å². The monoisotopic (exact) mass is 595 g/mol. The van der Waals surface area contributed by atoms with Crippen LogP contribution in [0.1, 0.15) is 116 Å². The maximum atomic E-state index is 14.6. The number of alkyl halides is 2. The van der Waals surface area contributed by atoms with Crippen molar-refractivity contribution in [3.05, 3.63) is 22.7 Å². The summed E-state index contributed by atoms with van der Waals surface area (Å²) in [6.45, 7) is 1.38. The lowest BCUT2D eigenvalue weighted by Gasteiger charge is -2.20. The first-order chi connectivity index (χ1) is 19.1. The van der Waals surface area contributed by atoms with Crippen molar-refractivity contribution in [3.8, 4) is 0 Å². The molecule has 0 spiro atoms. The first-order valence-electron chi connectivity index (χ1n) is 14.8. The number of rotatable bonds is 22. The quantitative estimate of drug-likeness (QED) is 0.107. The van der Waals surface area contributed by atoms with Crippen molar-refractivity contribution in [3.63, 3.8) is 0 Å². The van der Waals surface area contributed by atoms with E-state index < -0.39 is 44.5 Å². The average molecular weight is 596 g/mol. The number of hydrogen-bond donors (Lipinski definition) is 3. The fourth-order valence-electron chi connectivity index (χ4n) is 4.75. The molecule has 2 heterocycles. The van der Waals surface area contributed by atoms with Crippen LogP contribution in [0.25, 0.3) is 0 Å². The maximum absolute atomic E-state index is 14.6. The van der Waals surface area contributed by atoms with Crippen LogP contribution in [0, 0.1) is 0 Å². The van der Waals surface area contributed by atoms with E-state index >= 15 is 0 Å². The molecule has 0 amide bonds. The third kappa shape index (κ3) is 12.2. The van der Waals surface area contributed by atoms with Crippen molar-refractivity contribution >= 4 is 13.6 Å². The molecule has 10 nitrogen and oxygen atoms in total. The fraction of sp³-hybridized carbons (Fsp3) is 0.852. The second kappa shape index (κ2) is 18.2. The molecule has 0 aromatic carbocycles. The molecule has 4 N–H and O–H groups in total. The molecule has 40 heavy (non-hydrogen) atoms. The molecule has 1 unspecified atom stereocenters. The number of nitrogen functional groups attached to an aromatic ring is 1. The predicted molar refractivity (Wildman–Crippen MR) is 149 cm³/mol. The summed E-state index contributed by atoms with van der Waals surface area (Å²) in [5.41, 5.74) is 4.28. The van der Waals surface area contributed by atoms with E-state index in [0.717, 1.165) is 31.5 Å². The molecule has 4 atom stereocenters. The third-order valence-corrected chi connectivity index (χ3v) is 8.12. The molecule has 0 radical (unpaired) electrons. The van der Waals surface area contributed by atoms with Crippen LogP contribution < -0.4 is 11.4 Å². The van der Waals surface area contributed by atoms with E-state index in [2.05, 4.69) is 11.9 Å². The first-order valence-corrected chi connectivity index (χ1v) is 16.3. The fourth-order valence-corrected chi connectivity index (χ4v) is 5.52. The van der Waals surface area contributed by atoms with Crippen molar-refractivity contribution < 1.29 is 37.1 Å². The van der Waals surface area contributed by atoms with Gasteiger partial charge in [-0.15, -0.1) is 0 Å². The minimum Gasteiger partial charge on any atom is -0.384 e. The number of halogens is 2. The van der Waals surface area contributed by atoms with E-state index in [1.165, 1.54) is 77.0 Å². The topological polar surface area (TPSA) is 146 Å². The van der Waals surface area contributed by atoms with Gasteiger partial charge in [0, 0.05) is 6.20 Å². The molecule has 2 rings (SSSR count). The van der Waals surface area contributed by atoms with Crippen LogP contribution in [0.5, 0.6) is 0 Å². The van der Waals surface area contributed by atoms with Crippen LogP contribution in [0.4, 0.5) is 14.6 Å². The lowest BCUT2D eigenvalue weighted by molar-refractivity contribution is -0.140. The Bertz CT molecular complexity index is 953. The Morgan fingerprint density at radius 1 is 0.975 bits per heavy atom. The maximum Gasteiger partial charge on any atom is 0.472 e. The van der Waals surface area contributed by atoms with Gasteiger partial charge < -0.3 is 20.5 Å². The number of phosphoric ester groups is 1. The lowest BCUT2D eigenvalue weighted by atomic mass is 10.0. The number of unbranched alkanes of at least 4 members (excludes halogenated alkanes) is 15. The van der Waals surface area contributed by atoms with E-state index in [0.29, 0.717) is 11.0 Å². The van der Waals surface area contributed by atoms with Gasteiger partial charge in [-0.25, -0.2) is 9.36 Å². The molecule has 1 saturated heterocycles. The molecular formula is C27H48F2N3O7P. The Balaban J connectivity index is 1.52. The van der Waals surface area contributed by atoms with Gasteiger partial charge in [0.1, 0.15) is 11.9 Å². The van der Waals surface area contributed by atoms with Crippen molar-refractivity contribution in [1.29, 1.82) is 0 Å². The number of aromatic nitrogens is 2. The van der Waals surface area contributed by atoms with Crippen molar-refractivity contribution in [2.24, 2.45) is 0 Å². The van der Waals surface area contributed by atoms with E-state index in [1.807, 2.05) is 0 Å². The van der Waals surface area contributed by atoms with Gasteiger partial charge in [-0.2, -0.15) is 13.8 Å². The minimum atomic E-state index is -4.54. The normalized spacial score (nSPS) is 22.0. The van der Waals surface area contributed by atoms with Gasteiger partial charge in [0.25, 0.3) is 0 Å². The number of anilines is 1. The Labute approximate surface area is 236 Å².